The minimum Gasteiger partial charge on any atom is -0.494 e. The molecule has 0 amide bonds. The van der Waals surface area contributed by atoms with Crippen molar-refractivity contribution in [1.82, 2.24) is 29.9 Å². The Morgan fingerprint density at radius 3 is 2.64 bits per heavy atom. The first-order valence-corrected chi connectivity index (χ1v) is 11.0. The zero-order valence-corrected chi connectivity index (χ0v) is 19.2. The Morgan fingerprint density at radius 2 is 2.00 bits per heavy atom. The summed E-state index contributed by atoms with van der Waals surface area (Å²) in [6, 6.07) is 6.83. The van der Waals surface area contributed by atoms with E-state index in [0.29, 0.717) is 34.2 Å². The fourth-order valence-electron chi connectivity index (χ4n) is 3.68. The Balaban J connectivity index is 1.56. The van der Waals surface area contributed by atoms with Gasteiger partial charge in [0.2, 0.25) is 0 Å². The quantitative estimate of drug-likeness (QED) is 0.380. The summed E-state index contributed by atoms with van der Waals surface area (Å²) in [6.07, 6.45) is -0.122. The van der Waals surface area contributed by atoms with Crippen molar-refractivity contribution >= 4 is 17.2 Å². The number of ether oxygens (including phenoxy) is 1. The van der Waals surface area contributed by atoms with Gasteiger partial charge in [-0.15, -0.1) is 10.2 Å². The maximum absolute atomic E-state index is 13.1. The highest BCUT2D eigenvalue weighted by atomic mass is 19.4. The molecule has 0 radical (unpaired) electrons. The van der Waals surface area contributed by atoms with E-state index < -0.39 is 12.1 Å². The molecule has 0 bridgehead atoms. The number of hydrogen-bond acceptors (Lipinski definition) is 9. The summed E-state index contributed by atoms with van der Waals surface area (Å²) >= 11 is 0. The average molecular weight is 499 g/mol. The number of ketones is 1. The summed E-state index contributed by atoms with van der Waals surface area (Å²) in [4.78, 5) is 20.9. The van der Waals surface area contributed by atoms with Crippen LogP contribution in [0.4, 0.5) is 24.5 Å². The van der Waals surface area contributed by atoms with Crippen molar-refractivity contribution in [1.29, 1.82) is 0 Å². The molecule has 1 N–H and O–H groups in total. The number of methoxy groups -OCH3 is 1. The predicted molar refractivity (Wildman–Crippen MR) is 120 cm³/mol. The monoisotopic (exact) mass is 499 g/mol. The van der Waals surface area contributed by atoms with Gasteiger partial charge in [-0.1, -0.05) is 6.07 Å². The molecule has 10 nitrogen and oxygen atoms in total. The van der Waals surface area contributed by atoms with E-state index in [0.717, 1.165) is 12.8 Å². The number of rotatable bonds is 8. The predicted octanol–water partition coefficient (Wildman–Crippen LogP) is 4.22. The number of halogens is 3. The molecule has 1 saturated carbocycles. The number of nitrogens with zero attached hydrogens (tertiary/aromatic N) is 6. The lowest BCUT2D eigenvalue weighted by Crippen LogP contribution is -2.07. The molecule has 4 aromatic rings. The minimum absolute atomic E-state index is 0.0378. The third kappa shape index (κ3) is 4.76. The molecule has 0 spiro atoms. The summed E-state index contributed by atoms with van der Waals surface area (Å²) in [5.74, 6) is -0.912. The number of para-hydroxylation sites is 1. The smallest absolute Gasteiger partial charge is 0.470 e. The third-order valence-corrected chi connectivity index (χ3v) is 5.58. The van der Waals surface area contributed by atoms with Crippen LogP contribution in [0.2, 0.25) is 0 Å². The third-order valence-electron chi connectivity index (χ3n) is 5.58. The molecular formula is C23H20F3N7O3. The van der Waals surface area contributed by atoms with Crippen LogP contribution in [0.3, 0.4) is 0 Å². The van der Waals surface area contributed by atoms with Gasteiger partial charge in [-0.2, -0.15) is 18.3 Å². The molecule has 1 fully saturated rings. The van der Waals surface area contributed by atoms with Crippen molar-refractivity contribution < 1.29 is 27.1 Å². The second-order valence-corrected chi connectivity index (χ2v) is 8.30. The van der Waals surface area contributed by atoms with Crippen LogP contribution in [0.1, 0.15) is 24.4 Å². The number of aromatic nitrogens is 6. The normalized spacial score (nSPS) is 13.6. The first-order valence-electron chi connectivity index (χ1n) is 11.0. The van der Waals surface area contributed by atoms with Gasteiger partial charge in [0.15, 0.2) is 11.6 Å². The molecule has 0 aliphatic heterocycles. The molecule has 1 aliphatic rings. The zero-order valence-electron chi connectivity index (χ0n) is 19.2. The van der Waals surface area contributed by atoms with Crippen LogP contribution in [0.15, 0.2) is 41.2 Å². The van der Waals surface area contributed by atoms with E-state index in [9.17, 15) is 18.0 Å². The molecule has 0 atom stereocenters. The summed E-state index contributed by atoms with van der Waals surface area (Å²) < 4.78 is 51.2. The van der Waals surface area contributed by atoms with Crippen LogP contribution in [0.5, 0.6) is 5.75 Å². The van der Waals surface area contributed by atoms with E-state index in [4.69, 9.17) is 9.15 Å². The number of anilines is 2. The first-order chi connectivity index (χ1) is 17.2. The van der Waals surface area contributed by atoms with Crippen molar-refractivity contribution in [2.75, 3.05) is 12.4 Å². The molecule has 36 heavy (non-hydrogen) atoms. The van der Waals surface area contributed by atoms with Crippen molar-refractivity contribution in [2.45, 2.75) is 25.4 Å². The summed E-state index contributed by atoms with van der Waals surface area (Å²) in [5.41, 5.74) is 1.97. The number of pyridine rings is 1. The summed E-state index contributed by atoms with van der Waals surface area (Å²) in [6.45, 7) is 0. The van der Waals surface area contributed by atoms with Gasteiger partial charge in [0.1, 0.15) is 12.1 Å². The largest absolute Gasteiger partial charge is 0.494 e. The molecule has 1 aromatic carbocycles. The number of hydrogen-bond donors (Lipinski definition) is 1. The lowest BCUT2D eigenvalue weighted by Gasteiger charge is -2.16. The number of aryl methyl sites for hydroxylation is 1. The van der Waals surface area contributed by atoms with Gasteiger partial charge in [-0.05, 0) is 31.0 Å². The topological polar surface area (TPSA) is 121 Å². The van der Waals surface area contributed by atoms with E-state index in [1.807, 2.05) is 0 Å². The van der Waals surface area contributed by atoms with Crippen LogP contribution in [-0.2, 0) is 24.4 Å². The maximum Gasteiger partial charge on any atom is 0.470 e. The molecule has 0 saturated heterocycles. The lowest BCUT2D eigenvalue weighted by molar-refractivity contribution is -0.157. The van der Waals surface area contributed by atoms with Gasteiger partial charge in [0, 0.05) is 31.3 Å². The highest BCUT2D eigenvalue weighted by molar-refractivity contribution is 5.86. The fourth-order valence-corrected chi connectivity index (χ4v) is 3.68. The second kappa shape index (κ2) is 9.06. The highest BCUT2D eigenvalue weighted by Gasteiger charge is 2.38. The van der Waals surface area contributed by atoms with E-state index in [1.54, 1.807) is 42.3 Å². The number of carbonyl (C=O) groups is 1. The standard InChI is InChI=1S/C23H20F3N7O3/c1-33-11-28-20(32-33)14-4-3-5-16(19(14)35-2)29-17-8-13(9-18(34)12-6-7-12)27-10-15(17)21-30-31-22(36-21)23(24,25)26/h3-5,8,10-12H,6-7,9H2,1-2H3,(H,27,29). The number of benzene rings is 1. The molecule has 1 aliphatic carbocycles. The Hall–Kier alpha value is -4.29. The SMILES string of the molecule is COc1c(Nc2cc(CC(=O)C3CC3)ncc2-c2nnc(C(F)(F)F)o2)cccc1-c1ncn(C)n1. The van der Waals surface area contributed by atoms with E-state index in [2.05, 4.69) is 30.6 Å². The minimum atomic E-state index is -4.80. The number of Topliss-reactive ketones (excluding diaryl/α,β-unsaturated/α-hetero) is 1. The van der Waals surface area contributed by atoms with Crippen molar-refractivity contribution in [3.8, 4) is 28.6 Å². The maximum atomic E-state index is 13.1. The van der Waals surface area contributed by atoms with E-state index in [1.165, 1.54) is 13.3 Å². The zero-order chi connectivity index (χ0) is 25.4. The van der Waals surface area contributed by atoms with Crippen molar-refractivity contribution in [3.05, 3.63) is 48.4 Å². The number of nitrogens with one attached hydrogen (secondary N) is 1. The van der Waals surface area contributed by atoms with Crippen LogP contribution >= 0.6 is 0 Å². The van der Waals surface area contributed by atoms with E-state index >= 15 is 0 Å². The van der Waals surface area contributed by atoms with Gasteiger partial charge in [-0.3, -0.25) is 14.5 Å². The second-order valence-electron chi connectivity index (χ2n) is 8.30. The number of alkyl halides is 3. The number of carbonyl (C=O) groups excluding carboxylic acids is 1. The molecule has 5 rings (SSSR count). The lowest BCUT2D eigenvalue weighted by atomic mass is 10.1. The van der Waals surface area contributed by atoms with Crippen LogP contribution in [0, 0.1) is 5.92 Å². The Labute approximate surface area is 202 Å². The molecule has 3 aromatic heterocycles. The van der Waals surface area contributed by atoms with Crippen LogP contribution in [0.25, 0.3) is 22.8 Å². The van der Waals surface area contributed by atoms with Gasteiger partial charge < -0.3 is 14.5 Å². The fraction of sp³-hybridized carbons (Fsp3) is 0.304. The van der Waals surface area contributed by atoms with Gasteiger partial charge in [-0.25, -0.2) is 4.98 Å². The van der Waals surface area contributed by atoms with Crippen molar-refractivity contribution in [3.63, 3.8) is 0 Å². The van der Waals surface area contributed by atoms with Gasteiger partial charge >= 0.3 is 12.1 Å². The Bertz CT molecular complexity index is 1430. The molecular weight excluding hydrogens is 479 g/mol. The van der Waals surface area contributed by atoms with E-state index in [-0.39, 0.29) is 29.6 Å². The molecule has 3 heterocycles. The van der Waals surface area contributed by atoms with Crippen molar-refractivity contribution in [2.24, 2.45) is 13.0 Å². The molecule has 0 unspecified atom stereocenters. The van der Waals surface area contributed by atoms with Gasteiger partial charge in [0.25, 0.3) is 5.89 Å². The Morgan fingerprint density at radius 1 is 1.19 bits per heavy atom. The van der Waals surface area contributed by atoms with Gasteiger partial charge in [0.05, 0.1) is 29.6 Å². The summed E-state index contributed by atoms with van der Waals surface area (Å²) in [5, 5.41) is 14.1. The van der Waals surface area contributed by atoms with Crippen LogP contribution in [-0.4, -0.2) is 42.8 Å². The highest BCUT2D eigenvalue weighted by Crippen LogP contribution is 2.39. The average Bonchev–Trinajstić information content (AvgIpc) is 3.41. The van der Waals surface area contributed by atoms with Crippen LogP contribution < -0.4 is 10.1 Å². The first kappa shape index (κ1) is 23.5. The summed E-state index contributed by atoms with van der Waals surface area (Å²) in [7, 11) is 3.21. The Kier molecular flexibility index (Phi) is 5.90. The molecule has 186 valence electrons. The molecule has 13 heteroatoms.